The van der Waals surface area contributed by atoms with E-state index >= 15 is 0 Å². The van der Waals surface area contributed by atoms with Gasteiger partial charge in [-0.05, 0) is 43.5 Å². The number of benzene rings is 1. The second-order valence-electron chi connectivity index (χ2n) is 4.12. The van der Waals surface area contributed by atoms with Crippen LogP contribution < -0.4 is 5.32 Å². The largest absolute Gasteiger partial charge is 0.317 e. The second kappa shape index (κ2) is 5.72. The van der Waals surface area contributed by atoms with Crippen molar-refractivity contribution in [3.8, 4) is 0 Å². The van der Waals surface area contributed by atoms with Gasteiger partial charge in [0.15, 0.2) is 0 Å². The summed E-state index contributed by atoms with van der Waals surface area (Å²) >= 11 is 0. The molecule has 0 bridgehead atoms. The monoisotopic (exact) mass is 201 g/mol. The van der Waals surface area contributed by atoms with Crippen molar-refractivity contribution in [3.63, 3.8) is 0 Å². The van der Waals surface area contributed by atoms with Crippen molar-refractivity contribution in [2.75, 3.05) is 13.1 Å². The van der Waals surface area contributed by atoms with Gasteiger partial charge in [-0.3, -0.25) is 0 Å². The molecule has 0 atom stereocenters. The van der Waals surface area contributed by atoms with Crippen molar-refractivity contribution in [2.24, 2.45) is 0 Å². The standard InChI is InChI=1S/C9H8.C5H11N/c1-2-5-9-7-3-6-8(9)4-1;1-2-4-6-5-3-1/h1-6H,7H2;6H,1-5H2. The summed E-state index contributed by atoms with van der Waals surface area (Å²) in [5.41, 5.74) is 2.84. The van der Waals surface area contributed by atoms with E-state index in [0.717, 1.165) is 6.42 Å². The summed E-state index contributed by atoms with van der Waals surface area (Å²) in [7, 11) is 0. The summed E-state index contributed by atoms with van der Waals surface area (Å²) in [5, 5.41) is 3.28. The van der Waals surface area contributed by atoms with E-state index in [-0.39, 0.29) is 0 Å². The number of rotatable bonds is 0. The van der Waals surface area contributed by atoms with Gasteiger partial charge in [0.1, 0.15) is 0 Å². The topological polar surface area (TPSA) is 12.0 Å². The Hall–Kier alpha value is -1.08. The Kier molecular flexibility index (Phi) is 3.98. The fourth-order valence-electron chi connectivity index (χ4n) is 2.00. The molecule has 0 amide bonds. The van der Waals surface area contributed by atoms with Crippen LogP contribution in [0.2, 0.25) is 0 Å². The summed E-state index contributed by atoms with van der Waals surface area (Å²) in [6.07, 6.45) is 9.71. The van der Waals surface area contributed by atoms with Crippen molar-refractivity contribution in [3.05, 3.63) is 41.5 Å². The Morgan fingerprint density at radius 1 is 0.933 bits per heavy atom. The predicted molar refractivity (Wildman–Crippen MR) is 65.9 cm³/mol. The molecule has 1 aliphatic carbocycles. The first-order valence-electron chi connectivity index (χ1n) is 5.92. The summed E-state index contributed by atoms with van der Waals surface area (Å²) < 4.78 is 0. The van der Waals surface area contributed by atoms with E-state index in [1.165, 1.54) is 43.5 Å². The highest BCUT2D eigenvalue weighted by atomic mass is 14.9. The average Bonchev–Trinajstić information content (AvgIpc) is 2.80. The number of hydrogen-bond acceptors (Lipinski definition) is 1. The van der Waals surface area contributed by atoms with Crippen LogP contribution in [0, 0.1) is 0 Å². The van der Waals surface area contributed by atoms with Gasteiger partial charge in [0.25, 0.3) is 0 Å². The molecule has 0 saturated carbocycles. The Balaban J connectivity index is 0.000000124. The molecule has 1 aromatic carbocycles. The Labute approximate surface area is 92.2 Å². The molecule has 1 fully saturated rings. The molecule has 1 aliphatic heterocycles. The first-order valence-corrected chi connectivity index (χ1v) is 5.92. The Bertz CT molecular complexity index is 312. The SMILES string of the molecule is C1=Cc2ccccc2C1.C1CCNCC1. The van der Waals surface area contributed by atoms with E-state index in [9.17, 15) is 0 Å². The number of piperidine rings is 1. The molecule has 1 nitrogen and oxygen atoms in total. The van der Waals surface area contributed by atoms with E-state index in [1.54, 1.807) is 0 Å². The third-order valence-corrected chi connectivity index (χ3v) is 2.90. The quantitative estimate of drug-likeness (QED) is 0.680. The minimum Gasteiger partial charge on any atom is -0.317 e. The van der Waals surface area contributed by atoms with Crippen LogP contribution in [0.4, 0.5) is 0 Å². The maximum absolute atomic E-state index is 3.28. The van der Waals surface area contributed by atoms with Crippen LogP contribution in [0.3, 0.4) is 0 Å². The molecule has 1 heterocycles. The number of allylic oxidation sites excluding steroid dienone is 1. The van der Waals surface area contributed by atoms with E-state index in [0.29, 0.717) is 0 Å². The third-order valence-electron chi connectivity index (χ3n) is 2.90. The fourth-order valence-corrected chi connectivity index (χ4v) is 2.00. The molecule has 2 aliphatic rings. The summed E-state index contributed by atoms with van der Waals surface area (Å²) in [6, 6.07) is 8.49. The molecule has 15 heavy (non-hydrogen) atoms. The van der Waals surface area contributed by atoms with Crippen LogP contribution >= 0.6 is 0 Å². The molecule has 1 saturated heterocycles. The fraction of sp³-hybridized carbons (Fsp3) is 0.429. The zero-order chi connectivity index (χ0) is 10.3. The van der Waals surface area contributed by atoms with E-state index < -0.39 is 0 Å². The second-order valence-corrected chi connectivity index (χ2v) is 4.12. The van der Waals surface area contributed by atoms with Crippen LogP contribution in [0.5, 0.6) is 0 Å². The van der Waals surface area contributed by atoms with Crippen LogP contribution in [0.25, 0.3) is 6.08 Å². The summed E-state index contributed by atoms with van der Waals surface area (Å²) in [6.45, 7) is 2.50. The minimum absolute atomic E-state index is 1.12. The number of fused-ring (bicyclic) bond motifs is 1. The van der Waals surface area contributed by atoms with Crippen molar-refractivity contribution in [2.45, 2.75) is 25.7 Å². The van der Waals surface area contributed by atoms with Crippen molar-refractivity contribution >= 4 is 6.08 Å². The Morgan fingerprint density at radius 2 is 1.73 bits per heavy atom. The molecule has 0 unspecified atom stereocenters. The molecule has 0 radical (unpaired) electrons. The molecular weight excluding hydrogens is 182 g/mol. The van der Waals surface area contributed by atoms with E-state index in [4.69, 9.17) is 0 Å². The smallest absolute Gasteiger partial charge is 0.00489 e. The molecule has 0 spiro atoms. The normalized spacial score (nSPS) is 17.9. The highest BCUT2D eigenvalue weighted by molar-refractivity contribution is 5.59. The zero-order valence-electron chi connectivity index (χ0n) is 9.21. The first-order chi connectivity index (χ1) is 7.47. The summed E-state index contributed by atoms with van der Waals surface area (Å²) in [5.74, 6) is 0. The lowest BCUT2D eigenvalue weighted by molar-refractivity contribution is 0.520. The molecule has 3 rings (SSSR count). The van der Waals surface area contributed by atoms with Gasteiger partial charge >= 0.3 is 0 Å². The van der Waals surface area contributed by atoms with Crippen LogP contribution in [-0.4, -0.2) is 13.1 Å². The maximum atomic E-state index is 3.28. The van der Waals surface area contributed by atoms with Gasteiger partial charge < -0.3 is 5.32 Å². The van der Waals surface area contributed by atoms with Gasteiger partial charge in [-0.1, -0.05) is 42.8 Å². The van der Waals surface area contributed by atoms with Gasteiger partial charge in [-0.2, -0.15) is 0 Å². The average molecular weight is 201 g/mol. The lowest BCUT2D eigenvalue weighted by Crippen LogP contribution is -2.21. The number of hydrogen-bond donors (Lipinski definition) is 1. The van der Waals surface area contributed by atoms with Crippen LogP contribution in [0.15, 0.2) is 30.3 Å². The highest BCUT2D eigenvalue weighted by Gasteiger charge is 2.00. The highest BCUT2D eigenvalue weighted by Crippen LogP contribution is 2.17. The van der Waals surface area contributed by atoms with Gasteiger partial charge in [0.2, 0.25) is 0 Å². The number of nitrogens with one attached hydrogen (secondary N) is 1. The van der Waals surface area contributed by atoms with Crippen molar-refractivity contribution < 1.29 is 0 Å². The summed E-state index contributed by atoms with van der Waals surface area (Å²) in [4.78, 5) is 0. The molecule has 80 valence electrons. The van der Waals surface area contributed by atoms with Crippen molar-refractivity contribution in [1.82, 2.24) is 5.32 Å². The third kappa shape index (κ3) is 3.21. The lowest BCUT2D eigenvalue weighted by atomic mass is 10.1. The first kappa shape index (κ1) is 10.4. The van der Waals surface area contributed by atoms with Crippen molar-refractivity contribution in [1.29, 1.82) is 0 Å². The van der Waals surface area contributed by atoms with Crippen LogP contribution in [0.1, 0.15) is 30.4 Å². The van der Waals surface area contributed by atoms with Gasteiger partial charge in [-0.25, -0.2) is 0 Å². The van der Waals surface area contributed by atoms with Gasteiger partial charge in [-0.15, -0.1) is 0 Å². The van der Waals surface area contributed by atoms with Gasteiger partial charge in [0.05, 0.1) is 0 Å². The van der Waals surface area contributed by atoms with Gasteiger partial charge in [0, 0.05) is 0 Å². The Morgan fingerprint density at radius 3 is 2.33 bits per heavy atom. The van der Waals surface area contributed by atoms with E-state index in [2.05, 4.69) is 41.7 Å². The molecule has 0 aromatic heterocycles. The minimum atomic E-state index is 1.12. The van der Waals surface area contributed by atoms with E-state index in [1.807, 2.05) is 0 Å². The molecule has 1 aromatic rings. The lowest BCUT2D eigenvalue weighted by Gasteiger charge is -2.08. The molecule has 1 heteroatoms. The molecular formula is C14H19N. The molecule has 1 N–H and O–H groups in total. The predicted octanol–water partition coefficient (Wildman–Crippen LogP) is 3.02. The maximum Gasteiger partial charge on any atom is -0.00489 e. The van der Waals surface area contributed by atoms with Crippen LogP contribution in [-0.2, 0) is 6.42 Å². The zero-order valence-corrected chi connectivity index (χ0v) is 9.21.